The lowest BCUT2D eigenvalue weighted by atomic mass is 9.94. The number of likely N-dealkylation sites (tertiary alicyclic amines) is 1. The number of hydrogen-bond acceptors (Lipinski definition) is 8. The zero-order valence-electron chi connectivity index (χ0n) is 20.2. The molecule has 4 heterocycles. The molecule has 2 aliphatic heterocycles. The summed E-state index contributed by atoms with van der Waals surface area (Å²) in [5, 5.41) is 11.4. The van der Waals surface area contributed by atoms with Crippen LogP contribution >= 0.6 is 0 Å². The normalized spacial score (nSPS) is 20.4. The molecule has 2 N–H and O–H groups in total. The number of methoxy groups -OCH3 is 1. The fourth-order valence-electron chi connectivity index (χ4n) is 4.84. The molecule has 0 unspecified atom stereocenters. The van der Waals surface area contributed by atoms with E-state index in [2.05, 4.69) is 14.9 Å². The van der Waals surface area contributed by atoms with Crippen LogP contribution in [0.1, 0.15) is 45.3 Å². The molecule has 1 amide bonds. The van der Waals surface area contributed by atoms with Crippen molar-refractivity contribution in [1.29, 1.82) is 0 Å². The molecule has 2 fully saturated rings. The van der Waals surface area contributed by atoms with Gasteiger partial charge in [0, 0.05) is 49.8 Å². The van der Waals surface area contributed by atoms with Crippen LogP contribution in [0.4, 0.5) is 0 Å². The molecule has 1 atom stereocenters. The number of H-pyrrole nitrogens is 1. The highest BCUT2D eigenvalue weighted by molar-refractivity contribution is 6.46. The number of ether oxygens (including phenoxy) is 2. The Morgan fingerprint density at radius 2 is 1.89 bits per heavy atom. The largest absolute Gasteiger partial charge is 0.507 e. The van der Waals surface area contributed by atoms with Crippen LogP contribution < -0.4 is 0 Å². The number of hydrogen-bond donors (Lipinski definition) is 2. The molecule has 10 heteroatoms. The zero-order chi connectivity index (χ0) is 25.1. The minimum absolute atomic E-state index is 0.00538. The third kappa shape index (κ3) is 4.71. The number of rotatable bonds is 7. The minimum atomic E-state index is -0.766. The van der Waals surface area contributed by atoms with Crippen LogP contribution in [0.5, 0.6) is 0 Å². The molecule has 0 saturated carbocycles. The van der Waals surface area contributed by atoms with Crippen LogP contribution in [-0.4, -0.2) is 89.0 Å². The van der Waals surface area contributed by atoms with Crippen LogP contribution in [0.15, 0.2) is 30.1 Å². The Bertz CT molecular complexity index is 1150. The van der Waals surface area contributed by atoms with Gasteiger partial charge in [-0.15, -0.1) is 0 Å². The summed E-state index contributed by atoms with van der Waals surface area (Å²) in [6, 6.07) is 2.70. The number of carbonyl (C=O) groups excluding carboxylic acids is 3. The van der Waals surface area contributed by atoms with Gasteiger partial charge in [-0.05, 0) is 43.5 Å². The van der Waals surface area contributed by atoms with E-state index in [9.17, 15) is 19.5 Å². The molecule has 2 aromatic heterocycles. The van der Waals surface area contributed by atoms with Crippen LogP contribution in [0.2, 0.25) is 0 Å². The summed E-state index contributed by atoms with van der Waals surface area (Å²) in [7, 11) is 1.27. The number of aromatic nitrogens is 2. The van der Waals surface area contributed by atoms with E-state index >= 15 is 0 Å². The molecule has 35 heavy (non-hydrogen) atoms. The molecule has 0 radical (unpaired) electrons. The van der Waals surface area contributed by atoms with Gasteiger partial charge in [-0.25, -0.2) is 4.79 Å². The van der Waals surface area contributed by atoms with Gasteiger partial charge in [-0.2, -0.15) is 0 Å². The Hall–Kier alpha value is -3.50. The monoisotopic (exact) mass is 482 g/mol. The fraction of sp³-hybridized carbons (Fsp3) is 0.440. The average molecular weight is 483 g/mol. The summed E-state index contributed by atoms with van der Waals surface area (Å²) < 4.78 is 10.2. The van der Waals surface area contributed by atoms with Gasteiger partial charge in [0.05, 0.1) is 31.9 Å². The quantitative estimate of drug-likeness (QED) is 0.266. The molecule has 0 aliphatic carbocycles. The second kappa shape index (κ2) is 10.4. The molecular weight excluding hydrogens is 452 g/mol. The maximum absolute atomic E-state index is 13.2. The Balaban J connectivity index is 1.72. The topological polar surface area (TPSA) is 125 Å². The third-order valence-corrected chi connectivity index (χ3v) is 6.60. The lowest BCUT2D eigenvalue weighted by Crippen LogP contribution is -2.38. The Morgan fingerprint density at radius 3 is 2.54 bits per heavy atom. The molecule has 0 spiro atoms. The summed E-state index contributed by atoms with van der Waals surface area (Å²) in [5.41, 5.74) is 2.11. The van der Waals surface area contributed by atoms with Gasteiger partial charge in [0.25, 0.3) is 11.7 Å². The van der Waals surface area contributed by atoms with Crippen molar-refractivity contribution in [3.8, 4) is 0 Å². The van der Waals surface area contributed by atoms with E-state index in [4.69, 9.17) is 9.47 Å². The SMILES string of the molecule is COC(=O)c1[nH]c(C)c(/C(O)=C2\C(=O)C(=O)N(CCCN3CCOCC3)[C@@H]2c2ccncc2)c1C. The minimum Gasteiger partial charge on any atom is -0.507 e. The van der Waals surface area contributed by atoms with E-state index in [0.717, 1.165) is 19.6 Å². The number of nitrogens with one attached hydrogen (secondary N) is 1. The van der Waals surface area contributed by atoms with Gasteiger partial charge in [-0.1, -0.05) is 0 Å². The van der Waals surface area contributed by atoms with E-state index in [0.29, 0.717) is 48.6 Å². The van der Waals surface area contributed by atoms with Crippen molar-refractivity contribution in [2.45, 2.75) is 26.3 Å². The van der Waals surface area contributed by atoms with Crippen molar-refractivity contribution in [1.82, 2.24) is 19.8 Å². The highest BCUT2D eigenvalue weighted by Gasteiger charge is 2.46. The molecule has 2 saturated heterocycles. The first-order chi connectivity index (χ1) is 16.8. The summed E-state index contributed by atoms with van der Waals surface area (Å²) in [4.78, 5) is 49.3. The third-order valence-electron chi connectivity index (χ3n) is 6.60. The van der Waals surface area contributed by atoms with E-state index in [1.807, 2.05) is 0 Å². The number of pyridine rings is 1. The maximum atomic E-state index is 13.2. The predicted molar refractivity (Wildman–Crippen MR) is 127 cm³/mol. The lowest BCUT2D eigenvalue weighted by molar-refractivity contribution is -0.140. The van der Waals surface area contributed by atoms with Crippen LogP contribution in [-0.2, 0) is 19.1 Å². The number of aliphatic hydroxyl groups excluding tert-OH is 1. The predicted octanol–water partition coefficient (Wildman–Crippen LogP) is 1.96. The number of aryl methyl sites for hydroxylation is 1. The molecule has 2 aromatic rings. The number of nitrogens with zero attached hydrogens (tertiary/aromatic N) is 3. The average Bonchev–Trinajstić information content (AvgIpc) is 3.31. The molecule has 2 aliphatic rings. The first-order valence-electron chi connectivity index (χ1n) is 11.6. The van der Waals surface area contributed by atoms with Crippen molar-refractivity contribution in [3.63, 3.8) is 0 Å². The number of carbonyl (C=O) groups is 3. The molecule has 0 bridgehead atoms. The van der Waals surface area contributed by atoms with Gasteiger partial charge in [0.15, 0.2) is 0 Å². The Labute approximate surface area is 203 Å². The first kappa shape index (κ1) is 24.6. The van der Waals surface area contributed by atoms with Crippen molar-refractivity contribution in [2.24, 2.45) is 0 Å². The first-order valence-corrected chi connectivity index (χ1v) is 11.6. The summed E-state index contributed by atoms with van der Waals surface area (Å²) in [6.07, 6.45) is 3.85. The molecule has 10 nitrogen and oxygen atoms in total. The highest BCUT2D eigenvalue weighted by Crippen LogP contribution is 2.40. The van der Waals surface area contributed by atoms with Crippen molar-refractivity contribution in [3.05, 3.63) is 58.2 Å². The fourth-order valence-corrected chi connectivity index (χ4v) is 4.84. The van der Waals surface area contributed by atoms with Gasteiger partial charge in [-0.3, -0.25) is 19.5 Å². The smallest absolute Gasteiger partial charge is 0.354 e. The standard InChI is InChI=1S/C25H30N4O6/c1-15-18(16(2)27-20(15)25(33)34-3)22(30)19-21(17-5-7-26-8-6-17)29(24(32)23(19)31)10-4-9-28-11-13-35-14-12-28/h5-8,21,27,30H,4,9-14H2,1-3H3/b22-19+/t21-/m1/s1. The molecular formula is C25H30N4O6. The van der Waals surface area contributed by atoms with Crippen molar-refractivity contribution in [2.75, 3.05) is 46.5 Å². The van der Waals surface area contributed by atoms with Crippen LogP contribution in [0.3, 0.4) is 0 Å². The van der Waals surface area contributed by atoms with Gasteiger partial charge in [0.2, 0.25) is 0 Å². The summed E-state index contributed by atoms with van der Waals surface area (Å²) in [5.74, 6) is -2.31. The highest BCUT2D eigenvalue weighted by atomic mass is 16.5. The number of amides is 1. The van der Waals surface area contributed by atoms with Gasteiger partial charge in [0.1, 0.15) is 11.5 Å². The van der Waals surface area contributed by atoms with Crippen LogP contribution in [0.25, 0.3) is 5.76 Å². The van der Waals surface area contributed by atoms with E-state index < -0.39 is 23.7 Å². The molecule has 4 rings (SSSR count). The van der Waals surface area contributed by atoms with Gasteiger partial charge >= 0.3 is 5.97 Å². The number of esters is 1. The van der Waals surface area contributed by atoms with E-state index in [1.54, 1.807) is 38.4 Å². The second-order valence-electron chi connectivity index (χ2n) is 8.70. The zero-order valence-corrected chi connectivity index (χ0v) is 20.2. The Morgan fingerprint density at radius 1 is 1.20 bits per heavy atom. The number of morpholine rings is 1. The summed E-state index contributed by atoms with van der Waals surface area (Å²) >= 11 is 0. The van der Waals surface area contributed by atoms with E-state index in [1.165, 1.54) is 12.0 Å². The van der Waals surface area contributed by atoms with Crippen molar-refractivity contribution < 1.29 is 29.0 Å². The van der Waals surface area contributed by atoms with E-state index in [-0.39, 0.29) is 17.0 Å². The Kier molecular flexibility index (Phi) is 7.32. The van der Waals surface area contributed by atoms with Gasteiger partial charge < -0.3 is 24.5 Å². The van der Waals surface area contributed by atoms with Crippen LogP contribution in [0, 0.1) is 13.8 Å². The number of ketones is 1. The molecule has 186 valence electrons. The maximum Gasteiger partial charge on any atom is 0.354 e. The number of aromatic amines is 1. The summed E-state index contributed by atoms with van der Waals surface area (Å²) in [6.45, 7) is 7.51. The molecule has 0 aromatic carbocycles. The number of aliphatic hydroxyl groups is 1. The number of Topliss-reactive ketones (excluding diaryl/α,β-unsaturated/α-hetero) is 1. The lowest BCUT2D eigenvalue weighted by Gasteiger charge is -2.29. The second-order valence-corrected chi connectivity index (χ2v) is 8.70. The van der Waals surface area contributed by atoms with Crippen molar-refractivity contribution >= 4 is 23.4 Å².